The van der Waals surface area contributed by atoms with Gasteiger partial charge in [0.15, 0.2) is 0 Å². The first-order chi connectivity index (χ1) is 14.4. The molecule has 0 aliphatic heterocycles. The van der Waals surface area contributed by atoms with E-state index < -0.39 is 11.6 Å². The van der Waals surface area contributed by atoms with Crippen molar-refractivity contribution in [2.75, 3.05) is 6.61 Å². The minimum atomic E-state index is -1.24. The van der Waals surface area contributed by atoms with Crippen molar-refractivity contribution in [2.24, 2.45) is 0 Å². The lowest BCUT2D eigenvalue weighted by atomic mass is 10.0. The van der Waals surface area contributed by atoms with Crippen LogP contribution >= 0.6 is 0 Å². The van der Waals surface area contributed by atoms with Crippen LogP contribution in [0.5, 0.6) is 11.5 Å². The number of rotatable bonds is 9. The molecular weight excluding hydrogens is 380 g/mol. The summed E-state index contributed by atoms with van der Waals surface area (Å²) in [7, 11) is 0. The van der Waals surface area contributed by atoms with Crippen LogP contribution in [-0.2, 0) is 4.79 Å². The summed E-state index contributed by atoms with van der Waals surface area (Å²) in [5.41, 5.74) is 2.06. The Morgan fingerprint density at radius 1 is 1.13 bits per heavy atom. The van der Waals surface area contributed by atoms with Crippen LogP contribution in [0.25, 0.3) is 11.3 Å². The van der Waals surface area contributed by atoms with E-state index in [1.54, 1.807) is 50.6 Å². The van der Waals surface area contributed by atoms with E-state index in [1.165, 1.54) is 0 Å². The normalized spacial score (nSPS) is 13.5. The molecule has 0 saturated heterocycles. The highest BCUT2D eigenvalue weighted by atomic mass is 16.5. The number of imidazole rings is 1. The second-order valence-corrected chi connectivity index (χ2v) is 7.18. The fourth-order valence-electron chi connectivity index (χ4n) is 2.82. The third kappa shape index (κ3) is 5.08. The fraction of sp³-hybridized carbons (Fsp3) is 0.250. The van der Waals surface area contributed by atoms with Gasteiger partial charge in [-0.1, -0.05) is 19.1 Å². The molecule has 0 fully saturated rings. The highest BCUT2D eigenvalue weighted by Crippen LogP contribution is 2.24. The van der Waals surface area contributed by atoms with Crippen LogP contribution < -0.4 is 9.47 Å². The van der Waals surface area contributed by atoms with Crippen molar-refractivity contribution in [1.29, 1.82) is 0 Å². The van der Waals surface area contributed by atoms with Gasteiger partial charge in [0, 0.05) is 18.1 Å². The number of allylic oxidation sites excluding steroid dienone is 1. The Kier molecular flexibility index (Phi) is 6.57. The molecule has 1 aromatic heterocycles. The first-order valence-electron chi connectivity index (χ1n) is 9.82. The van der Waals surface area contributed by atoms with E-state index >= 15 is 0 Å². The predicted octanol–water partition coefficient (Wildman–Crippen LogP) is 4.99. The molecule has 3 aromatic rings. The molecule has 6 nitrogen and oxygen atoms in total. The van der Waals surface area contributed by atoms with E-state index in [0.717, 1.165) is 16.8 Å². The largest absolute Gasteiger partial charge is 0.490 e. The van der Waals surface area contributed by atoms with Crippen molar-refractivity contribution in [3.8, 4) is 17.2 Å². The number of carboxylic acid groups (broad SMARTS) is 1. The topological polar surface area (TPSA) is 73.6 Å². The van der Waals surface area contributed by atoms with Crippen LogP contribution in [0.1, 0.15) is 32.8 Å². The van der Waals surface area contributed by atoms with Crippen LogP contribution in [0, 0.1) is 0 Å². The summed E-state index contributed by atoms with van der Waals surface area (Å²) < 4.78 is 13.4. The number of carbonyl (C=O) groups is 1. The van der Waals surface area contributed by atoms with Gasteiger partial charge < -0.3 is 19.1 Å². The summed E-state index contributed by atoms with van der Waals surface area (Å²) in [6.45, 7) is 5.82. The first-order valence-corrected chi connectivity index (χ1v) is 9.82. The van der Waals surface area contributed by atoms with Gasteiger partial charge in [0.25, 0.3) is 0 Å². The lowest BCUT2D eigenvalue weighted by Gasteiger charge is -2.24. The van der Waals surface area contributed by atoms with E-state index in [2.05, 4.69) is 29.2 Å². The number of nitrogens with zero attached hydrogens (tertiary/aromatic N) is 2. The third-order valence-electron chi connectivity index (χ3n) is 5.06. The predicted molar refractivity (Wildman–Crippen MR) is 116 cm³/mol. The smallest absolute Gasteiger partial charge is 0.347 e. The summed E-state index contributed by atoms with van der Waals surface area (Å²) in [4.78, 5) is 15.4. The quantitative estimate of drug-likeness (QED) is 0.542. The molecule has 1 atom stereocenters. The number of hydrogen-bond donors (Lipinski definition) is 1. The van der Waals surface area contributed by atoms with Gasteiger partial charge in [-0.25, -0.2) is 9.78 Å². The molecule has 0 bridgehead atoms. The van der Waals surface area contributed by atoms with Crippen LogP contribution in [0.3, 0.4) is 0 Å². The summed E-state index contributed by atoms with van der Waals surface area (Å²) in [5.74, 6) is 0.207. The van der Waals surface area contributed by atoms with Crippen molar-refractivity contribution in [3.63, 3.8) is 0 Å². The first kappa shape index (κ1) is 21.2. The minimum Gasteiger partial charge on any atom is -0.490 e. The molecule has 0 amide bonds. The average Bonchev–Trinajstić information content (AvgIpc) is 3.30. The molecule has 1 unspecified atom stereocenters. The lowest BCUT2D eigenvalue weighted by Crippen LogP contribution is -2.40. The molecule has 0 spiro atoms. The van der Waals surface area contributed by atoms with E-state index in [1.807, 2.05) is 23.8 Å². The maximum Gasteiger partial charge on any atom is 0.347 e. The highest BCUT2D eigenvalue weighted by Gasteiger charge is 2.33. The summed E-state index contributed by atoms with van der Waals surface area (Å²) in [5, 5.41) is 9.31. The Labute approximate surface area is 176 Å². The van der Waals surface area contributed by atoms with Crippen LogP contribution in [-0.4, -0.2) is 32.8 Å². The summed E-state index contributed by atoms with van der Waals surface area (Å²) >= 11 is 0. The van der Waals surface area contributed by atoms with Crippen molar-refractivity contribution >= 4 is 11.5 Å². The fourth-order valence-corrected chi connectivity index (χ4v) is 2.82. The molecule has 0 radical (unpaired) electrons. The zero-order valence-electron chi connectivity index (χ0n) is 17.4. The van der Waals surface area contributed by atoms with Crippen molar-refractivity contribution in [3.05, 3.63) is 78.9 Å². The maximum atomic E-state index is 11.4. The number of benzene rings is 2. The SMILES string of the molecule is CCC(C)(Oc1ccc(OC/C=C(\C)c2ccc(-n3ccnc3)cc2)cc1)C(=O)O. The number of aliphatic carboxylic acids is 1. The summed E-state index contributed by atoms with van der Waals surface area (Å²) in [6, 6.07) is 15.2. The molecule has 0 aliphatic rings. The van der Waals surface area contributed by atoms with Crippen LogP contribution in [0.4, 0.5) is 0 Å². The van der Waals surface area contributed by atoms with Crippen LogP contribution in [0.15, 0.2) is 73.3 Å². The molecule has 6 heteroatoms. The second kappa shape index (κ2) is 9.31. The van der Waals surface area contributed by atoms with Gasteiger partial charge in [0.1, 0.15) is 18.1 Å². The Balaban J connectivity index is 1.56. The monoisotopic (exact) mass is 406 g/mol. The van der Waals surface area contributed by atoms with Gasteiger partial charge in [0.05, 0.1) is 6.33 Å². The lowest BCUT2D eigenvalue weighted by molar-refractivity contribution is -0.154. The Morgan fingerprint density at radius 2 is 1.80 bits per heavy atom. The molecule has 3 rings (SSSR count). The number of carboxylic acids is 1. The zero-order valence-corrected chi connectivity index (χ0v) is 17.4. The molecular formula is C24H26N2O4. The molecule has 2 aromatic carbocycles. The molecule has 156 valence electrons. The van der Waals surface area contributed by atoms with Gasteiger partial charge >= 0.3 is 5.97 Å². The van der Waals surface area contributed by atoms with E-state index in [4.69, 9.17) is 9.47 Å². The van der Waals surface area contributed by atoms with Gasteiger partial charge in [-0.05, 0) is 73.9 Å². The van der Waals surface area contributed by atoms with E-state index in [0.29, 0.717) is 24.5 Å². The minimum absolute atomic E-state index is 0.369. The summed E-state index contributed by atoms with van der Waals surface area (Å²) in [6.07, 6.45) is 7.82. The molecule has 0 aliphatic carbocycles. The third-order valence-corrected chi connectivity index (χ3v) is 5.06. The van der Waals surface area contributed by atoms with Crippen LogP contribution in [0.2, 0.25) is 0 Å². The van der Waals surface area contributed by atoms with Crippen molar-refractivity contribution < 1.29 is 19.4 Å². The Bertz CT molecular complexity index is 993. The van der Waals surface area contributed by atoms with Crippen molar-refractivity contribution in [2.45, 2.75) is 32.8 Å². The Morgan fingerprint density at radius 3 is 2.37 bits per heavy atom. The van der Waals surface area contributed by atoms with Gasteiger partial charge in [-0.15, -0.1) is 0 Å². The van der Waals surface area contributed by atoms with Gasteiger partial charge in [-0.2, -0.15) is 0 Å². The maximum absolute atomic E-state index is 11.4. The number of aromatic nitrogens is 2. The van der Waals surface area contributed by atoms with E-state index in [9.17, 15) is 9.90 Å². The van der Waals surface area contributed by atoms with Crippen molar-refractivity contribution in [1.82, 2.24) is 9.55 Å². The zero-order chi connectivity index (χ0) is 21.6. The average molecular weight is 406 g/mol. The standard InChI is InChI=1S/C24H26N2O4/c1-4-24(3,23(27)28)30-22-11-9-21(10-12-22)29-16-13-18(2)19-5-7-20(8-6-19)26-15-14-25-17-26/h5-15,17H,4,16H2,1-3H3,(H,27,28)/b18-13+. The van der Waals surface area contributed by atoms with Gasteiger partial charge in [0.2, 0.25) is 5.60 Å². The van der Waals surface area contributed by atoms with E-state index in [-0.39, 0.29) is 0 Å². The Hall–Kier alpha value is -3.54. The van der Waals surface area contributed by atoms with Gasteiger partial charge in [-0.3, -0.25) is 0 Å². The molecule has 0 saturated carbocycles. The molecule has 1 heterocycles. The molecule has 30 heavy (non-hydrogen) atoms. The highest BCUT2D eigenvalue weighted by molar-refractivity contribution is 5.77. The second-order valence-electron chi connectivity index (χ2n) is 7.18. The molecule has 1 N–H and O–H groups in total. The number of ether oxygens (including phenoxy) is 2. The number of hydrogen-bond acceptors (Lipinski definition) is 4.